The van der Waals surface area contributed by atoms with Crippen molar-refractivity contribution in [3.8, 4) is 45.3 Å². The van der Waals surface area contributed by atoms with Gasteiger partial charge in [-0.15, -0.1) is 0 Å². The molecule has 0 heterocycles. The third-order valence-electron chi connectivity index (χ3n) is 5.12. The SMILES string of the molecule is Cc1cc(-c2cc(C)c(-c3cc(C)c(O)cc3C)c(O)c2O)c(C)cc1O. The van der Waals surface area contributed by atoms with Gasteiger partial charge in [0.05, 0.1) is 0 Å². The fraction of sp³-hybridized carbons (Fsp3) is 0.217. The van der Waals surface area contributed by atoms with E-state index < -0.39 is 0 Å². The van der Waals surface area contributed by atoms with Crippen LogP contribution in [-0.2, 0) is 0 Å². The number of rotatable bonds is 2. The fourth-order valence-electron chi connectivity index (χ4n) is 3.50. The Bertz CT molecular complexity index is 1060. The molecular weight excluding hydrogens is 340 g/mol. The van der Waals surface area contributed by atoms with Gasteiger partial charge in [0.1, 0.15) is 11.5 Å². The van der Waals surface area contributed by atoms with Gasteiger partial charge in [-0.1, -0.05) is 0 Å². The smallest absolute Gasteiger partial charge is 0.166 e. The van der Waals surface area contributed by atoms with E-state index in [-0.39, 0.29) is 23.0 Å². The average Bonchev–Trinajstić information content (AvgIpc) is 2.59. The molecule has 3 aromatic rings. The summed E-state index contributed by atoms with van der Waals surface area (Å²) in [4.78, 5) is 0. The molecule has 0 atom stereocenters. The first-order valence-corrected chi connectivity index (χ1v) is 8.78. The standard InChI is InChI=1S/C23H24O4/c1-11-9-19(24)13(3)6-16(11)18-8-15(5)21(23(27)22(18)26)17-7-14(4)20(25)10-12(17)2/h6-10,24-27H,1-5H3. The highest BCUT2D eigenvalue weighted by molar-refractivity contribution is 5.87. The van der Waals surface area contributed by atoms with Crippen molar-refractivity contribution in [1.29, 1.82) is 0 Å². The van der Waals surface area contributed by atoms with Crippen LogP contribution in [0.2, 0.25) is 0 Å². The molecule has 140 valence electrons. The third-order valence-corrected chi connectivity index (χ3v) is 5.12. The molecule has 3 rings (SSSR count). The molecule has 0 saturated heterocycles. The summed E-state index contributed by atoms with van der Waals surface area (Å²) in [6.45, 7) is 9.16. The zero-order valence-corrected chi connectivity index (χ0v) is 16.2. The Morgan fingerprint density at radius 3 is 1.44 bits per heavy atom. The number of benzene rings is 3. The molecule has 27 heavy (non-hydrogen) atoms. The molecule has 0 spiro atoms. The van der Waals surface area contributed by atoms with Crippen LogP contribution in [0.5, 0.6) is 23.0 Å². The number of aromatic hydroxyl groups is 4. The average molecular weight is 364 g/mol. The molecule has 4 nitrogen and oxygen atoms in total. The Morgan fingerprint density at radius 2 is 0.889 bits per heavy atom. The quantitative estimate of drug-likeness (QED) is 0.460. The van der Waals surface area contributed by atoms with Crippen molar-refractivity contribution in [3.05, 3.63) is 58.1 Å². The van der Waals surface area contributed by atoms with E-state index in [1.807, 2.05) is 32.9 Å². The van der Waals surface area contributed by atoms with Gasteiger partial charge in [0.25, 0.3) is 0 Å². The highest BCUT2D eigenvalue weighted by Gasteiger charge is 2.21. The van der Waals surface area contributed by atoms with Gasteiger partial charge >= 0.3 is 0 Å². The maximum absolute atomic E-state index is 10.8. The van der Waals surface area contributed by atoms with Crippen molar-refractivity contribution < 1.29 is 20.4 Å². The molecule has 0 saturated carbocycles. The second kappa shape index (κ2) is 6.54. The first-order chi connectivity index (χ1) is 12.6. The van der Waals surface area contributed by atoms with Crippen LogP contribution in [0.1, 0.15) is 27.8 Å². The second-order valence-corrected chi connectivity index (χ2v) is 7.22. The normalized spacial score (nSPS) is 11.0. The molecule has 4 N–H and O–H groups in total. The second-order valence-electron chi connectivity index (χ2n) is 7.22. The molecular formula is C23H24O4. The lowest BCUT2D eigenvalue weighted by molar-refractivity contribution is 0.406. The topological polar surface area (TPSA) is 80.9 Å². The summed E-state index contributed by atoms with van der Waals surface area (Å²) in [5.74, 6) is 0.00478. The zero-order chi connectivity index (χ0) is 20.0. The van der Waals surface area contributed by atoms with Crippen molar-refractivity contribution >= 4 is 0 Å². The number of hydrogen-bond acceptors (Lipinski definition) is 4. The van der Waals surface area contributed by atoms with Crippen LogP contribution in [0, 0.1) is 34.6 Å². The monoisotopic (exact) mass is 364 g/mol. The van der Waals surface area contributed by atoms with E-state index in [2.05, 4.69) is 0 Å². The number of phenols is 4. The number of phenolic OH excluding ortho intramolecular Hbond substituents is 4. The van der Waals surface area contributed by atoms with Gasteiger partial charge in [0.15, 0.2) is 11.5 Å². The maximum atomic E-state index is 10.8. The molecule has 0 fully saturated rings. The van der Waals surface area contributed by atoms with E-state index in [1.165, 1.54) is 0 Å². The molecule has 0 radical (unpaired) electrons. The molecule has 0 aliphatic heterocycles. The number of hydrogen-bond donors (Lipinski definition) is 4. The Labute approximate surface area is 159 Å². The summed E-state index contributed by atoms with van der Waals surface area (Å²) in [5.41, 5.74) is 6.39. The van der Waals surface area contributed by atoms with Gasteiger partial charge in [-0.2, -0.15) is 0 Å². The van der Waals surface area contributed by atoms with Crippen molar-refractivity contribution in [2.24, 2.45) is 0 Å². The van der Waals surface area contributed by atoms with Crippen LogP contribution in [0.25, 0.3) is 22.3 Å². The minimum Gasteiger partial charge on any atom is -0.508 e. The highest BCUT2D eigenvalue weighted by atomic mass is 16.3. The van der Waals surface area contributed by atoms with Gasteiger partial charge in [0.2, 0.25) is 0 Å². The Balaban J connectivity index is 2.28. The highest BCUT2D eigenvalue weighted by Crippen LogP contribution is 2.47. The first kappa shape index (κ1) is 18.6. The van der Waals surface area contributed by atoms with Gasteiger partial charge in [-0.3, -0.25) is 0 Å². The molecule has 0 aromatic heterocycles. The lowest BCUT2D eigenvalue weighted by Gasteiger charge is -2.18. The van der Waals surface area contributed by atoms with Crippen LogP contribution >= 0.6 is 0 Å². The van der Waals surface area contributed by atoms with Gasteiger partial charge in [0, 0.05) is 11.1 Å². The number of aryl methyl sites for hydroxylation is 5. The van der Waals surface area contributed by atoms with E-state index in [0.29, 0.717) is 22.3 Å². The Morgan fingerprint density at radius 1 is 0.444 bits per heavy atom. The van der Waals surface area contributed by atoms with Crippen molar-refractivity contribution in [3.63, 3.8) is 0 Å². The molecule has 0 aliphatic rings. The molecule has 0 aliphatic carbocycles. The van der Waals surface area contributed by atoms with Crippen LogP contribution < -0.4 is 0 Å². The van der Waals surface area contributed by atoms with E-state index in [1.54, 1.807) is 32.0 Å². The van der Waals surface area contributed by atoms with Crippen molar-refractivity contribution in [2.45, 2.75) is 34.6 Å². The van der Waals surface area contributed by atoms with E-state index >= 15 is 0 Å². The maximum Gasteiger partial charge on any atom is 0.166 e. The Hall–Kier alpha value is -3.14. The predicted octanol–water partition coefficient (Wildman–Crippen LogP) is 5.39. The summed E-state index contributed by atoms with van der Waals surface area (Å²) in [7, 11) is 0. The minimum atomic E-state index is -0.200. The Kier molecular flexibility index (Phi) is 4.52. The molecule has 0 amide bonds. The molecule has 0 unspecified atom stereocenters. The zero-order valence-electron chi connectivity index (χ0n) is 16.2. The molecule has 0 bridgehead atoms. The van der Waals surface area contributed by atoms with Gasteiger partial charge in [-0.05, 0) is 104 Å². The summed E-state index contributed by atoms with van der Waals surface area (Å²) < 4.78 is 0. The molecule has 3 aromatic carbocycles. The largest absolute Gasteiger partial charge is 0.508 e. The van der Waals surface area contributed by atoms with Gasteiger partial charge in [-0.25, -0.2) is 0 Å². The lowest BCUT2D eigenvalue weighted by Crippen LogP contribution is -1.94. The minimum absolute atomic E-state index is 0.191. The van der Waals surface area contributed by atoms with Crippen molar-refractivity contribution in [1.82, 2.24) is 0 Å². The summed E-state index contributed by atoms with van der Waals surface area (Å²) in [5, 5.41) is 41.4. The summed E-state index contributed by atoms with van der Waals surface area (Å²) in [6, 6.07) is 8.75. The molecule has 4 heteroatoms. The van der Waals surface area contributed by atoms with Crippen LogP contribution in [0.3, 0.4) is 0 Å². The predicted molar refractivity (Wildman–Crippen MR) is 108 cm³/mol. The fourth-order valence-corrected chi connectivity index (χ4v) is 3.50. The van der Waals surface area contributed by atoms with Crippen molar-refractivity contribution in [2.75, 3.05) is 0 Å². The van der Waals surface area contributed by atoms with Gasteiger partial charge < -0.3 is 20.4 Å². The van der Waals surface area contributed by atoms with E-state index in [4.69, 9.17) is 0 Å². The van der Waals surface area contributed by atoms with E-state index in [0.717, 1.165) is 27.8 Å². The third kappa shape index (κ3) is 3.08. The van der Waals surface area contributed by atoms with Crippen LogP contribution in [0.4, 0.5) is 0 Å². The van der Waals surface area contributed by atoms with E-state index in [9.17, 15) is 20.4 Å². The summed E-state index contributed by atoms with van der Waals surface area (Å²) in [6.07, 6.45) is 0. The first-order valence-electron chi connectivity index (χ1n) is 8.78. The van der Waals surface area contributed by atoms with Crippen LogP contribution in [-0.4, -0.2) is 20.4 Å². The summed E-state index contributed by atoms with van der Waals surface area (Å²) >= 11 is 0. The lowest BCUT2D eigenvalue weighted by atomic mass is 9.89. The van der Waals surface area contributed by atoms with Crippen LogP contribution in [0.15, 0.2) is 30.3 Å².